The number of aliphatic hydroxyl groups is 2. The molecule has 0 aliphatic carbocycles. The molecule has 0 aliphatic rings. The molecule has 0 aromatic heterocycles. The van der Waals surface area contributed by atoms with E-state index in [9.17, 15) is 9.59 Å². The summed E-state index contributed by atoms with van der Waals surface area (Å²) in [5.74, 6) is 0. The third kappa shape index (κ3) is 38.7. The van der Waals surface area contributed by atoms with Gasteiger partial charge in [0.25, 0.3) is 0 Å². The molecule has 0 saturated carbocycles. The molecule has 0 saturated heterocycles. The van der Waals surface area contributed by atoms with Crippen molar-refractivity contribution < 1.29 is 68.1 Å². The fourth-order valence-electron chi connectivity index (χ4n) is 2.32. The summed E-state index contributed by atoms with van der Waals surface area (Å²) in [5, 5.41) is 14.0. The number of rotatable bonds is 24. The van der Waals surface area contributed by atoms with Gasteiger partial charge in [-0.2, -0.15) is 0 Å². The zero-order chi connectivity index (χ0) is 30.0. The van der Waals surface area contributed by atoms with Gasteiger partial charge < -0.3 is 46.4 Å². The molecule has 0 atom stereocenters. The number of unbranched alkanes of at least 4 members (excludes halogenated alkanes) is 6. The molecule has 0 radical (unpaired) electrons. The first-order chi connectivity index (χ1) is 18.4. The van der Waals surface area contributed by atoms with Crippen LogP contribution in [0.1, 0.15) is 119 Å². The van der Waals surface area contributed by atoms with Crippen LogP contribution in [0.2, 0.25) is 0 Å². The van der Waals surface area contributed by atoms with Gasteiger partial charge >= 0.3 is 18.1 Å². The maximum atomic E-state index is 10.2. The second kappa shape index (κ2) is 40.9. The summed E-state index contributed by atoms with van der Waals surface area (Å²) < 4.78 is 32.5. The Labute approximate surface area is 257 Å². The van der Waals surface area contributed by atoms with Crippen molar-refractivity contribution >= 4 is 18.1 Å². The molecule has 0 aliphatic heterocycles. The Kier molecular flexibility index (Phi) is 51.8. The van der Waals surface area contributed by atoms with Gasteiger partial charge in [-0.3, -0.25) is 0 Å². The van der Waals surface area contributed by atoms with Gasteiger partial charge in [-0.15, -0.1) is 0 Å². The van der Waals surface area contributed by atoms with Gasteiger partial charge in [-0.1, -0.05) is 80.1 Å². The van der Waals surface area contributed by atoms with E-state index in [1.54, 1.807) is 0 Å². The van der Waals surface area contributed by atoms with E-state index in [-0.39, 0.29) is 21.7 Å². The van der Waals surface area contributed by atoms with E-state index >= 15 is 0 Å². The van der Waals surface area contributed by atoms with Crippen LogP contribution in [-0.2, 0) is 48.3 Å². The van der Waals surface area contributed by atoms with E-state index < -0.39 is 18.1 Å². The maximum Gasteiger partial charge on any atom is 0.676 e. The van der Waals surface area contributed by atoms with Crippen LogP contribution in [-0.4, -0.2) is 91.8 Å². The first-order valence-corrected chi connectivity index (χ1v) is 17.9. The summed E-state index contributed by atoms with van der Waals surface area (Å²) in [6, 6.07) is 0. The van der Waals surface area contributed by atoms with Gasteiger partial charge in [0.1, 0.15) is 0 Å². The van der Waals surface area contributed by atoms with Gasteiger partial charge in [-0.25, -0.2) is 0 Å². The van der Waals surface area contributed by atoms with Crippen LogP contribution in [0, 0.1) is 0 Å². The van der Waals surface area contributed by atoms with Crippen LogP contribution < -0.4 is 0 Å². The predicted molar refractivity (Wildman–Crippen MR) is 157 cm³/mol. The van der Waals surface area contributed by atoms with Crippen molar-refractivity contribution in [1.82, 2.24) is 0 Å². The third-order valence-electron chi connectivity index (χ3n) is 4.69. The van der Waals surface area contributed by atoms with Crippen LogP contribution in [0.5, 0.6) is 0 Å². The molecular formula is C26H64O10Si2Ti. The van der Waals surface area contributed by atoms with Crippen LogP contribution in [0.15, 0.2) is 0 Å². The fraction of sp³-hybridized carbons (Fsp3) is 1.00. The molecule has 0 bridgehead atoms. The Bertz CT molecular complexity index is 328. The normalized spacial score (nSPS) is 10.8. The minimum Gasteiger partial charge on any atom is -0.400 e. The summed E-state index contributed by atoms with van der Waals surface area (Å²) in [6.45, 7) is 15.6. The Morgan fingerprint density at radius 2 is 0.487 bits per heavy atom. The molecule has 0 unspecified atom stereocenters. The molecule has 10 nitrogen and oxygen atoms in total. The van der Waals surface area contributed by atoms with E-state index in [0.717, 1.165) is 91.3 Å². The Morgan fingerprint density at radius 1 is 0.359 bits per heavy atom. The topological polar surface area (TPSA) is 136 Å². The molecule has 39 heavy (non-hydrogen) atoms. The molecule has 0 aromatic rings. The van der Waals surface area contributed by atoms with Crippen LogP contribution >= 0.6 is 0 Å². The van der Waals surface area contributed by atoms with Crippen molar-refractivity contribution in [3.63, 3.8) is 0 Å². The maximum absolute atomic E-state index is 10.2. The molecule has 0 amide bonds. The second-order valence-electron chi connectivity index (χ2n) is 8.26. The van der Waals surface area contributed by atoms with Crippen LogP contribution in [0.3, 0.4) is 0 Å². The predicted octanol–water partition coefficient (Wildman–Crippen LogP) is 4.94. The molecule has 0 aromatic carbocycles. The van der Waals surface area contributed by atoms with Crippen LogP contribution in [0.25, 0.3) is 0 Å². The number of hydrogen-bond donors (Lipinski definition) is 4. The molecule has 240 valence electrons. The molecule has 4 N–H and O–H groups in total. The summed E-state index contributed by atoms with van der Waals surface area (Å²) in [7, 11) is -4.72. The van der Waals surface area contributed by atoms with E-state index in [4.69, 9.17) is 36.8 Å². The van der Waals surface area contributed by atoms with Crippen molar-refractivity contribution in [2.45, 2.75) is 119 Å². The van der Waals surface area contributed by atoms with Gasteiger partial charge in [0.15, 0.2) is 0 Å². The molecular weight excluding hydrogens is 576 g/mol. The van der Waals surface area contributed by atoms with Crippen LogP contribution in [0.4, 0.5) is 0 Å². The first kappa shape index (κ1) is 49.4. The SMILES string of the molecule is CCCCO[Si](O)(OCCCC)OCCCC.CCCCO[Si](O)(OCCCC)OCCCC.CO.CO.[Ti]. The molecule has 13 heteroatoms. The summed E-state index contributed by atoms with van der Waals surface area (Å²) >= 11 is 0. The summed E-state index contributed by atoms with van der Waals surface area (Å²) in [4.78, 5) is 20.3. The van der Waals surface area contributed by atoms with E-state index in [1.807, 2.05) is 0 Å². The summed E-state index contributed by atoms with van der Waals surface area (Å²) in [6.07, 6.45) is 11.7. The zero-order valence-corrected chi connectivity index (χ0v) is 30.0. The minimum atomic E-state index is -3.36. The average Bonchev–Trinajstić information content (AvgIpc) is 2.92. The van der Waals surface area contributed by atoms with E-state index in [1.165, 1.54) is 0 Å². The minimum absolute atomic E-state index is 0. The van der Waals surface area contributed by atoms with Crippen molar-refractivity contribution in [3.8, 4) is 0 Å². The standard InChI is InChI=1S/2C12H28O4Si.2CH4O.Ti/c2*1-4-7-10-14-17(13,15-11-8-5-2)16-12-9-6-3;2*1-2;/h2*13H,4-12H2,1-3H3;2*2H,1H3;. The quantitative estimate of drug-likeness (QED) is 0.0848. The number of aliphatic hydroxyl groups excluding tert-OH is 2. The first-order valence-electron chi connectivity index (χ1n) is 14.5. The summed E-state index contributed by atoms with van der Waals surface area (Å²) in [5.41, 5.74) is 0. The molecule has 0 heterocycles. The van der Waals surface area contributed by atoms with Crippen molar-refractivity contribution in [3.05, 3.63) is 0 Å². The molecule has 0 fully saturated rings. The molecule has 0 spiro atoms. The van der Waals surface area contributed by atoms with Gasteiger partial charge in [0.2, 0.25) is 0 Å². The molecule has 0 rings (SSSR count). The third-order valence-corrected chi connectivity index (χ3v) is 8.11. The zero-order valence-electron chi connectivity index (χ0n) is 26.5. The second-order valence-corrected chi connectivity index (χ2v) is 12.1. The van der Waals surface area contributed by atoms with Crippen molar-refractivity contribution in [2.24, 2.45) is 0 Å². The van der Waals surface area contributed by atoms with Gasteiger partial charge in [0.05, 0.1) is 0 Å². The van der Waals surface area contributed by atoms with Crippen molar-refractivity contribution in [2.75, 3.05) is 53.9 Å². The average molecular weight is 641 g/mol. The largest absolute Gasteiger partial charge is 0.676 e. The van der Waals surface area contributed by atoms with Gasteiger partial charge in [0, 0.05) is 75.6 Å². The van der Waals surface area contributed by atoms with E-state index in [2.05, 4.69) is 41.5 Å². The Balaban J connectivity index is -0.000000171. The fourth-order valence-corrected chi connectivity index (χ4v) is 5.24. The Hall–Kier alpha value is 0.748. The number of hydrogen-bond acceptors (Lipinski definition) is 10. The van der Waals surface area contributed by atoms with Crippen molar-refractivity contribution in [1.29, 1.82) is 0 Å². The monoisotopic (exact) mass is 640 g/mol. The smallest absolute Gasteiger partial charge is 0.400 e. The van der Waals surface area contributed by atoms with Gasteiger partial charge in [-0.05, 0) is 38.5 Å². The Morgan fingerprint density at radius 3 is 0.590 bits per heavy atom. The van der Waals surface area contributed by atoms with E-state index in [0.29, 0.717) is 39.6 Å².